The molecule has 4 atom stereocenters. The molecular weight excluding hydrogens is 768 g/mol. The van der Waals surface area contributed by atoms with Crippen LogP contribution < -0.4 is 43.4 Å². The van der Waals surface area contributed by atoms with Crippen molar-refractivity contribution in [3.63, 3.8) is 0 Å². The first-order valence-corrected chi connectivity index (χ1v) is 20.7. The van der Waals surface area contributed by atoms with Crippen molar-refractivity contribution < 1.29 is 52.5 Å². The maximum atomic E-state index is 14.1. The lowest BCUT2D eigenvalue weighted by atomic mass is 10.0. The van der Waals surface area contributed by atoms with E-state index < -0.39 is 82.9 Å². The molecule has 0 aromatic carbocycles. The number of hydrogen-bond donors (Lipinski definition) is 8. The van der Waals surface area contributed by atoms with Gasteiger partial charge in [-0.1, -0.05) is 0 Å². The molecule has 0 aliphatic heterocycles. The number of ether oxygens (including phenoxy) is 4. The van der Waals surface area contributed by atoms with Crippen LogP contribution in [0.5, 0.6) is 0 Å². The fourth-order valence-electron chi connectivity index (χ4n) is 5.41. The van der Waals surface area contributed by atoms with Crippen molar-refractivity contribution in [1.29, 1.82) is 0 Å². The van der Waals surface area contributed by atoms with Crippen molar-refractivity contribution in [2.45, 2.75) is 180 Å². The second kappa shape index (κ2) is 28.1. The average Bonchev–Trinajstić information content (AvgIpc) is 3.10. The van der Waals surface area contributed by atoms with Gasteiger partial charge in [0.2, 0.25) is 17.7 Å². The van der Waals surface area contributed by atoms with Gasteiger partial charge in [-0.3, -0.25) is 14.4 Å². The predicted molar refractivity (Wildman–Crippen MR) is 223 cm³/mol. The van der Waals surface area contributed by atoms with Gasteiger partial charge in [-0.05, 0) is 152 Å². The number of unbranched alkanes of at least 4 members (excludes halogenated alkanes) is 4. The molecule has 0 bridgehead atoms. The summed E-state index contributed by atoms with van der Waals surface area (Å²) in [6.45, 7) is 16.7. The van der Waals surface area contributed by atoms with Crippen LogP contribution in [-0.4, -0.2) is 116 Å². The summed E-state index contributed by atoms with van der Waals surface area (Å²) >= 11 is 0. The predicted octanol–water partition coefficient (Wildman–Crippen LogP) is 3.16. The number of hydrogen-bond acceptors (Lipinski definition) is 13. The van der Waals surface area contributed by atoms with E-state index in [1.807, 2.05) is 0 Å². The highest BCUT2D eigenvalue weighted by Gasteiger charge is 2.32. The van der Waals surface area contributed by atoms with E-state index in [1.165, 1.54) is 7.11 Å². The molecule has 0 aromatic heterocycles. The van der Waals surface area contributed by atoms with E-state index in [0.717, 1.165) is 0 Å². The normalized spacial score (nSPS) is 13.7. The number of nitrogens with one attached hydrogen (secondary N) is 6. The standard InChI is InChI=1S/C40H76N8O11/c1-38(2,3)57-35(53)43-25-17-13-20-27(46-33(51)29(19-11-15-23-41)48-37(55)59-40(7,8)9)31(49)45-28(21-14-18-26-44-36(54)58-39(4,5)6)32(50)47-30(34(52)56-10)22-12-16-24-42/h27-30H,11-26,41-42H2,1-10H3,(H,43,53)(H,44,54)(H,45,49)(H,46,51)(H,47,50)(H,48,55)/t27?,28-,29?,30-/m0/s1. The molecule has 0 aliphatic carbocycles. The Morgan fingerprint density at radius 2 is 0.746 bits per heavy atom. The second-order valence-corrected chi connectivity index (χ2v) is 17.3. The molecule has 19 heteroatoms. The first-order chi connectivity index (χ1) is 27.4. The lowest BCUT2D eigenvalue weighted by Gasteiger charge is -2.27. The van der Waals surface area contributed by atoms with Gasteiger partial charge >= 0.3 is 24.2 Å². The lowest BCUT2D eigenvalue weighted by molar-refractivity contribution is -0.145. The Morgan fingerprint density at radius 3 is 1.08 bits per heavy atom. The number of rotatable bonds is 26. The van der Waals surface area contributed by atoms with Gasteiger partial charge in [-0.25, -0.2) is 19.2 Å². The van der Waals surface area contributed by atoms with Crippen molar-refractivity contribution in [1.82, 2.24) is 31.9 Å². The highest BCUT2D eigenvalue weighted by atomic mass is 16.6. The maximum absolute atomic E-state index is 14.1. The van der Waals surface area contributed by atoms with Crippen molar-refractivity contribution in [3.8, 4) is 0 Å². The van der Waals surface area contributed by atoms with E-state index in [1.54, 1.807) is 62.3 Å². The smallest absolute Gasteiger partial charge is 0.408 e. The summed E-state index contributed by atoms with van der Waals surface area (Å²) in [6, 6.07) is -4.44. The fraction of sp³-hybridized carbons (Fsp3) is 0.825. The molecule has 0 heterocycles. The van der Waals surface area contributed by atoms with Gasteiger partial charge in [0.25, 0.3) is 0 Å². The quantitative estimate of drug-likeness (QED) is 0.0353. The summed E-state index contributed by atoms with van der Waals surface area (Å²) in [4.78, 5) is 91.4. The summed E-state index contributed by atoms with van der Waals surface area (Å²) in [6.07, 6.45) is 2.40. The topological polar surface area (TPSA) is 281 Å². The summed E-state index contributed by atoms with van der Waals surface area (Å²) in [5.74, 6) is -2.66. The van der Waals surface area contributed by atoms with Gasteiger partial charge in [0.1, 0.15) is 41.0 Å². The van der Waals surface area contributed by atoms with Gasteiger partial charge in [0, 0.05) is 13.1 Å². The molecule has 342 valence electrons. The van der Waals surface area contributed by atoms with Crippen LogP contribution in [0, 0.1) is 0 Å². The minimum atomic E-state index is -1.19. The molecule has 10 N–H and O–H groups in total. The number of methoxy groups -OCH3 is 1. The third kappa shape index (κ3) is 28.6. The van der Waals surface area contributed by atoms with Crippen LogP contribution in [0.25, 0.3) is 0 Å². The zero-order valence-electron chi connectivity index (χ0n) is 37.3. The molecule has 0 rings (SSSR count). The average molecular weight is 845 g/mol. The van der Waals surface area contributed by atoms with Crippen molar-refractivity contribution in [3.05, 3.63) is 0 Å². The van der Waals surface area contributed by atoms with E-state index in [4.69, 9.17) is 30.4 Å². The van der Waals surface area contributed by atoms with Crippen LogP contribution in [0.4, 0.5) is 14.4 Å². The van der Waals surface area contributed by atoms with Crippen LogP contribution in [0.2, 0.25) is 0 Å². The molecule has 19 nitrogen and oxygen atoms in total. The SMILES string of the molecule is COC(=O)[C@H](CCCCN)NC(=O)[C@H](CCCCNC(=O)OC(C)(C)C)NC(=O)C(CCCCNC(=O)OC(C)(C)C)NC(=O)C(CCCCN)NC(=O)OC(C)(C)C. The second-order valence-electron chi connectivity index (χ2n) is 17.3. The lowest BCUT2D eigenvalue weighted by Crippen LogP contribution is -2.58. The molecule has 0 spiro atoms. The Bertz CT molecular complexity index is 1310. The Kier molecular flexibility index (Phi) is 26.1. The van der Waals surface area contributed by atoms with Crippen LogP contribution in [0.1, 0.15) is 139 Å². The molecule has 0 saturated heterocycles. The van der Waals surface area contributed by atoms with E-state index in [9.17, 15) is 33.6 Å². The molecule has 0 aromatic rings. The van der Waals surface area contributed by atoms with E-state index >= 15 is 0 Å². The monoisotopic (exact) mass is 845 g/mol. The third-order valence-electron chi connectivity index (χ3n) is 8.15. The van der Waals surface area contributed by atoms with Crippen LogP contribution >= 0.6 is 0 Å². The zero-order chi connectivity index (χ0) is 45.2. The molecule has 0 saturated carbocycles. The number of amides is 6. The van der Waals surface area contributed by atoms with E-state index in [2.05, 4.69) is 31.9 Å². The Morgan fingerprint density at radius 1 is 0.441 bits per heavy atom. The molecular formula is C40H76N8O11. The van der Waals surface area contributed by atoms with Crippen LogP contribution in [0.15, 0.2) is 0 Å². The summed E-state index contributed by atoms with van der Waals surface area (Å²) in [7, 11) is 1.21. The first kappa shape index (κ1) is 54.6. The van der Waals surface area contributed by atoms with E-state index in [0.29, 0.717) is 64.5 Å². The van der Waals surface area contributed by atoms with Gasteiger partial charge < -0.3 is 62.3 Å². The number of esters is 1. The molecule has 0 radical (unpaired) electrons. The van der Waals surface area contributed by atoms with Gasteiger partial charge in [0.15, 0.2) is 0 Å². The Hall–Kier alpha value is -4.39. The van der Waals surface area contributed by atoms with Crippen LogP contribution in [-0.2, 0) is 38.1 Å². The summed E-state index contributed by atoms with van der Waals surface area (Å²) < 4.78 is 20.9. The Labute approximate surface area is 351 Å². The largest absolute Gasteiger partial charge is 0.467 e. The zero-order valence-corrected chi connectivity index (χ0v) is 37.3. The molecule has 59 heavy (non-hydrogen) atoms. The highest BCUT2D eigenvalue weighted by molar-refractivity contribution is 5.94. The van der Waals surface area contributed by atoms with Gasteiger partial charge in [-0.2, -0.15) is 0 Å². The number of nitrogens with two attached hydrogens (primary N) is 2. The number of carbonyl (C=O) groups is 7. The third-order valence-corrected chi connectivity index (χ3v) is 8.15. The first-order valence-electron chi connectivity index (χ1n) is 20.7. The van der Waals surface area contributed by atoms with Crippen molar-refractivity contribution in [2.75, 3.05) is 33.3 Å². The minimum Gasteiger partial charge on any atom is -0.467 e. The maximum Gasteiger partial charge on any atom is 0.408 e. The Balaban J connectivity index is 6.37. The highest BCUT2D eigenvalue weighted by Crippen LogP contribution is 2.13. The number of alkyl carbamates (subject to hydrolysis) is 3. The molecule has 2 unspecified atom stereocenters. The van der Waals surface area contributed by atoms with Gasteiger partial charge in [0.05, 0.1) is 7.11 Å². The molecule has 0 fully saturated rings. The number of carbonyl (C=O) groups excluding carboxylic acids is 7. The fourth-order valence-corrected chi connectivity index (χ4v) is 5.41. The minimum absolute atomic E-state index is 0.0908. The van der Waals surface area contributed by atoms with Crippen molar-refractivity contribution >= 4 is 42.0 Å². The summed E-state index contributed by atoms with van der Waals surface area (Å²) in [5.41, 5.74) is 9.10. The van der Waals surface area contributed by atoms with E-state index in [-0.39, 0.29) is 38.8 Å². The molecule has 0 aliphatic rings. The summed E-state index contributed by atoms with van der Waals surface area (Å²) in [5, 5.41) is 16.1. The molecule has 6 amide bonds. The van der Waals surface area contributed by atoms with Crippen molar-refractivity contribution in [2.24, 2.45) is 11.5 Å². The van der Waals surface area contributed by atoms with Gasteiger partial charge in [-0.15, -0.1) is 0 Å². The van der Waals surface area contributed by atoms with Crippen LogP contribution in [0.3, 0.4) is 0 Å².